The predicted molar refractivity (Wildman–Crippen MR) is 81.1 cm³/mol. The van der Waals surface area contributed by atoms with E-state index in [9.17, 15) is 0 Å². The van der Waals surface area contributed by atoms with E-state index in [1.807, 2.05) is 30.3 Å². The average molecular weight is 275 g/mol. The molecule has 0 unspecified atom stereocenters. The van der Waals surface area contributed by atoms with Gasteiger partial charge in [0.25, 0.3) is 0 Å². The van der Waals surface area contributed by atoms with Gasteiger partial charge in [0.05, 0.1) is 7.11 Å². The zero-order chi connectivity index (χ0) is 13.5. The Kier molecular flexibility index (Phi) is 5.29. The van der Waals surface area contributed by atoms with Gasteiger partial charge in [-0.05, 0) is 48.9 Å². The molecule has 0 aromatic heterocycles. The third-order valence-corrected chi connectivity index (χ3v) is 3.66. The Morgan fingerprint density at radius 1 is 0.842 bits per heavy atom. The maximum absolute atomic E-state index is 6.15. The van der Waals surface area contributed by atoms with Crippen molar-refractivity contribution in [1.82, 2.24) is 0 Å². The lowest BCUT2D eigenvalue weighted by molar-refractivity contribution is 0.409. The quantitative estimate of drug-likeness (QED) is 0.680. The Hall–Kier alpha value is -1.47. The molecule has 2 aromatic carbocycles. The van der Waals surface area contributed by atoms with Crippen molar-refractivity contribution >= 4 is 11.6 Å². The van der Waals surface area contributed by atoms with Crippen molar-refractivity contribution in [1.29, 1.82) is 0 Å². The number of rotatable bonds is 6. The third-order valence-electron chi connectivity index (χ3n) is 3.29. The summed E-state index contributed by atoms with van der Waals surface area (Å²) in [5, 5.41) is 0.875. The highest BCUT2D eigenvalue weighted by atomic mass is 35.5. The van der Waals surface area contributed by atoms with Gasteiger partial charge in [0, 0.05) is 5.02 Å². The molecule has 0 amide bonds. The monoisotopic (exact) mass is 274 g/mol. The molecule has 0 fully saturated rings. The Morgan fingerprint density at radius 2 is 1.42 bits per heavy atom. The van der Waals surface area contributed by atoms with Gasteiger partial charge in [-0.15, -0.1) is 0 Å². The number of hydrogen-bond acceptors (Lipinski definition) is 1. The number of halogens is 1. The average Bonchev–Trinajstić information content (AvgIpc) is 2.45. The molecular formula is C17H19ClO. The number of hydrogen-bond donors (Lipinski definition) is 0. The molecule has 0 spiro atoms. The fraction of sp³-hybridized carbons (Fsp3) is 0.294. The Bertz CT molecular complexity index is 522. The molecule has 0 N–H and O–H groups in total. The summed E-state index contributed by atoms with van der Waals surface area (Å²) in [5.41, 5.74) is 2.52. The lowest BCUT2D eigenvalue weighted by Gasteiger charge is -2.08. The van der Waals surface area contributed by atoms with Crippen molar-refractivity contribution in [2.45, 2.75) is 25.7 Å². The summed E-state index contributed by atoms with van der Waals surface area (Å²) in [5.74, 6) is 0.986. The van der Waals surface area contributed by atoms with Gasteiger partial charge >= 0.3 is 0 Å². The van der Waals surface area contributed by atoms with Crippen LogP contribution in [-0.4, -0.2) is 7.11 Å². The largest absolute Gasteiger partial charge is 0.496 e. The summed E-state index contributed by atoms with van der Waals surface area (Å²) in [6.07, 6.45) is 4.37. The molecule has 0 saturated carbocycles. The minimum absolute atomic E-state index is 0.875. The fourth-order valence-electron chi connectivity index (χ4n) is 2.24. The van der Waals surface area contributed by atoms with Crippen LogP contribution in [0.3, 0.4) is 0 Å². The third kappa shape index (κ3) is 4.00. The van der Waals surface area contributed by atoms with E-state index in [0.29, 0.717) is 0 Å². The molecule has 0 atom stereocenters. The lowest BCUT2D eigenvalue weighted by atomic mass is 10.0. The van der Waals surface area contributed by atoms with Crippen LogP contribution in [0.5, 0.6) is 5.75 Å². The van der Waals surface area contributed by atoms with Crippen LogP contribution in [-0.2, 0) is 12.8 Å². The standard InChI is InChI=1S/C17H19ClO/c1-19-17-13-7-5-11-15(17)10-3-2-8-14-9-4-6-12-16(14)18/h4-7,9,11-13H,2-3,8,10H2,1H3. The van der Waals surface area contributed by atoms with Crippen LogP contribution in [0, 0.1) is 0 Å². The van der Waals surface area contributed by atoms with Crippen LogP contribution in [0.2, 0.25) is 5.02 Å². The van der Waals surface area contributed by atoms with Crippen molar-refractivity contribution in [3.63, 3.8) is 0 Å². The molecule has 0 aliphatic rings. The van der Waals surface area contributed by atoms with Crippen LogP contribution in [0.15, 0.2) is 48.5 Å². The molecule has 2 rings (SSSR count). The van der Waals surface area contributed by atoms with Gasteiger partial charge in [0.2, 0.25) is 0 Å². The second-order valence-electron chi connectivity index (χ2n) is 4.61. The van der Waals surface area contributed by atoms with Crippen LogP contribution in [0.25, 0.3) is 0 Å². The summed E-state index contributed by atoms with van der Waals surface area (Å²) < 4.78 is 5.36. The van der Waals surface area contributed by atoms with E-state index in [4.69, 9.17) is 16.3 Å². The summed E-state index contributed by atoms with van der Waals surface area (Å²) in [6.45, 7) is 0. The molecule has 0 aliphatic carbocycles. The van der Waals surface area contributed by atoms with E-state index in [1.54, 1.807) is 7.11 Å². The molecule has 0 bridgehead atoms. The number of unbranched alkanes of at least 4 members (excludes halogenated alkanes) is 1. The van der Waals surface area contributed by atoms with Crippen LogP contribution in [0.1, 0.15) is 24.0 Å². The normalized spacial score (nSPS) is 10.4. The molecule has 0 heterocycles. The Labute approximate surface area is 120 Å². The summed E-state index contributed by atoms with van der Waals surface area (Å²) in [6, 6.07) is 16.3. The number of benzene rings is 2. The predicted octanol–water partition coefficient (Wildman–Crippen LogP) is 4.91. The number of methoxy groups -OCH3 is 1. The molecule has 2 heteroatoms. The maximum atomic E-state index is 6.15. The molecular weight excluding hydrogens is 256 g/mol. The maximum Gasteiger partial charge on any atom is 0.122 e. The van der Waals surface area contributed by atoms with E-state index < -0.39 is 0 Å². The highest BCUT2D eigenvalue weighted by Crippen LogP contribution is 2.21. The first-order valence-corrected chi connectivity index (χ1v) is 7.04. The highest BCUT2D eigenvalue weighted by molar-refractivity contribution is 6.31. The molecule has 1 nitrogen and oxygen atoms in total. The van der Waals surface area contributed by atoms with Gasteiger partial charge in [0.15, 0.2) is 0 Å². The lowest BCUT2D eigenvalue weighted by Crippen LogP contribution is -1.93. The number of para-hydroxylation sites is 1. The second kappa shape index (κ2) is 7.20. The van der Waals surface area contributed by atoms with Crippen molar-refractivity contribution in [3.8, 4) is 5.75 Å². The van der Waals surface area contributed by atoms with Crippen LogP contribution < -0.4 is 4.74 Å². The summed E-state index contributed by atoms with van der Waals surface area (Å²) in [4.78, 5) is 0. The molecule has 19 heavy (non-hydrogen) atoms. The minimum Gasteiger partial charge on any atom is -0.496 e. The SMILES string of the molecule is COc1ccccc1CCCCc1ccccc1Cl. The molecule has 2 aromatic rings. The number of aryl methyl sites for hydroxylation is 2. The van der Waals surface area contributed by atoms with Gasteiger partial charge < -0.3 is 4.74 Å². The molecule has 0 radical (unpaired) electrons. The zero-order valence-electron chi connectivity index (χ0n) is 11.2. The summed E-state index contributed by atoms with van der Waals surface area (Å²) >= 11 is 6.15. The van der Waals surface area contributed by atoms with Crippen molar-refractivity contribution in [3.05, 3.63) is 64.7 Å². The molecule has 100 valence electrons. The van der Waals surface area contributed by atoms with E-state index >= 15 is 0 Å². The van der Waals surface area contributed by atoms with Gasteiger partial charge in [-0.25, -0.2) is 0 Å². The first kappa shape index (κ1) is 14.0. The second-order valence-corrected chi connectivity index (χ2v) is 5.02. The van der Waals surface area contributed by atoms with Gasteiger partial charge in [-0.1, -0.05) is 48.0 Å². The topological polar surface area (TPSA) is 9.23 Å². The van der Waals surface area contributed by atoms with Crippen LogP contribution >= 0.6 is 11.6 Å². The Balaban J connectivity index is 1.83. The zero-order valence-corrected chi connectivity index (χ0v) is 12.0. The fourth-order valence-corrected chi connectivity index (χ4v) is 2.47. The first-order chi connectivity index (χ1) is 9.31. The van der Waals surface area contributed by atoms with Gasteiger partial charge in [0.1, 0.15) is 5.75 Å². The van der Waals surface area contributed by atoms with Crippen molar-refractivity contribution in [2.24, 2.45) is 0 Å². The van der Waals surface area contributed by atoms with E-state index in [0.717, 1.165) is 36.5 Å². The van der Waals surface area contributed by atoms with E-state index in [-0.39, 0.29) is 0 Å². The van der Waals surface area contributed by atoms with E-state index in [2.05, 4.69) is 18.2 Å². The highest BCUT2D eigenvalue weighted by Gasteiger charge is 2.02. The smallest absolute Gasteiger partial charge is 0.122 e. The Morgan fingerprint density at radius 3 is 2.11 bits per heavy atom. The van der Waals surface area contributed by atoms with Gasteiger partial charge in [-0.2, -0.15) is 0 Å². The van der Waals surface area contributed by atoms with E-state index in [1.165, 1.54) is 11.1 Å². The molecule has 0 aliphatic heterocycles. The molecule has 0 saturated heterocycles. The minimum atomic E-state index is 0.875. The van der Waals surface area contributed by atoms with Gasteiger partial charge in [-0.3, -0.25) is 0 Å². The van der Waals surface area contributed by atoms with Crippen molar-refractivity contribution < 1.29 is 4.74 Å². The van der Waals surface area contributed by atoms with Crippen LogP contribution in [0.4, 0.5) is 0 Å². The first-order valence-electron chi connectivity index (χ1n) is 6.66. The summed E-state index contributed by atoms with van der Waals surface area (Å²) in [7, 11) is 1.72. The van der Waals surface area contributed by atoms with Crippen molar-refractivity contribution in [2.75, 3.05) is 7.11 Å². The number of ether oxygens (including phenoxy) is 1.